The van der Waals surface area contributed by atoms with Crippen molar-refractivity contribution >= 4 is 12.2 Å². The first kappa shape index (κ1) is 65.8. The highest BCUT2D eigenvalue weighted by molar-refractivity contribution is 5.96. The minimum atomic E-state index is -0.212. The molecule has 0 aliphatic heterocycles. The van der Waals surface area contributed by atoms with Gasteiger partial charge in [-0.1, -0.05) is 310 Å². The average Bonchev–Trinajstić information content (AvgIpc) is 3.36. The highest BCUT2D eigenvalue weighted by atomic mass is 16.5. The number of hydrogen-bond acceptors (Lipinski definition) is 5. The van der Waals surface area contributed by atoms with Crippen LogP contribution in [0, 0.1) is 0 Å². The molecule has 0 aliphatic carbocycles. The van der Waals surface area contributed by atoms with Gasteiger partial charge in [-0.2, -0.15) is 0 Å². The number of ether oxygens (including phenoxy) is 3. The van der Waals surface area contributed by atoms with Crippen LogP contribution in [0.4, 0.5) is 0 Å². The summed E-state index contributed by atoms with van der Waals surface area (Å²) in [4.78, 5) is 26.4. The number of unbranched alkanes of at least 4 members (excludes halogenated alkanes) is 45. The molecule has 0 radical (unpaired) electrons. The summed E-state index contributed by atoms with van der Waals surface area (Å²) in [7, 11) is 1.67. The molecule has 0 fully saturated rings. The average molecular weight is 983 g/mol. The van der Waals surface area contributed by atoms with Gasteiger partial charge in [-0.25, -0.2) is 0 Å². The van der Waals surface area contributed by atoms with E-state index in [0.29, 0.717) is 42.6 Å². The molecule has 1 amide bonds. The Morgan fingerprint density at radius 1 is 0.357 bits per heavy atom. The molecular formula is C64H119NO5. The van der Waals surface area contributed by atoms with Crippen molar-refractivity contribution in [1.29, 1.82) is 0 Å². The number of nitrogens with zero attached hydrogens (tertiary/aromatic N) is 1. The van der Waals surface area contributed by atoms with E-state index in [2.05, 4.69) is 20.8 Å². The van der Waals surface area contributed by atoms with E-state index in [9.17, 15) is 9.59 Å². The molecule has 1 aromatic carbocycles. The highest BCUT2D eigenvalue weighted by Crippen LogP contribution is 2.40. The third kappa shape index (κ3) is 41.3. The van der Waals surface area contributed by atoms with Crippen LogP contribution in [0.25, 0.3) is 0 Å². The van der Waals surface area contributed by atoms with Gasteiger partial charge < -0.3 is 23.9 Å². The molecule has 1 rings (SSSR count). The molecule has 0 heterocycles. The SMILES string of the molecule is CCCCCCCCCCCCCCCCCCOc1cc(C(=O)N(C)CC=O)cc(OCCCCCCCCCCCCCCCCCC)c1OCCCCCCCCCCCCCCCCCC. The summed E-state index contributed by atoms with van der Waals surface area (Å²) < 4.78 is 19.6. The minimum absolute atomic E-state index is 0.0428. The highest BCUT2D eigenvalue weighted by Gasteiger charge is 2.21. The van der Waals surface area contributed by atoms with Crippen molar-refractivity contribution in [3.63, 3.8) is 0 Å². The van der Waals surface area contributed by atoms with Crippen molar-refractivity contribution in [3.8, 4) is 17.2 Å². The van der Waals surface area contributed by atoms with Gasteiger partial charge in [0, 0.05) is 12.6 Å². The van der Waals surface area contributed by atoms with E-state index in [-0.39, 0.29) is 12.5 Å². The Morgan fingerprint density at radius 2 is 0.571 bits per heavy atom. The van der Waals surface area contributed by atoms with Gasteiger partial charge in [0.15, 0.2) is 11.5 Å². The Morgan fingerprint density at radius 3 is 0.800 bits per heavy atom. The van der Waals surface area contributed by atoms with Crippen LogP contribution in [0.2, 0.25) is 0 Å². The number of benzene rings is 1. The first-order chi connectivity index (χ1) is 34.6. The van der Waals surface area contributed by atoms with Crippen LogP contribution in [0.15, 0.2) is 12.1 Å². The monoisotopic (exact) mass is 982 g/mol. The van der Waals surface area contributed by atoms with Crippen LogP contribution in [-0.2, 0) is 4.79 Å². The maximum Gasteiger partial charge on any atom is 0.254 e. The molecule has 0 spiro atoms. The summed E-state index contributed by atoms with van der Waals surface area (Å²) in [6.45, 7) is 8.68. The fourth-order valence-electron chi connectivity index (χ4n) is 9.96. The summed E-state index contributed by atoms with van der Waals surface area (Å²) in [5.41, 5.74) is 0.475. The minimum Gasteiger partial charge on any atom is -0.490 e. The lowest BCUT2D eigenvalue weighted by Gasteiger charge is -2.20. The largest absolute Gasteiger partial charge is 0.490 e. The third-order valence-corrected chi connectivity index (χ3v) is 14.7. The molecule has 0 bridgehead atoms. The van der Waals surface area contributed by atoms with Gasteiger partial charge in [0.25, 0.3) is 5.91 Å². The maximum atomic E-state index is 13.6. The van der Waals surface area contributed by atoms with Gasteiger partial charge in [0.05, 0.1) is 26.4 Å². The molecule has 1 aromatic rings. The number of likely N-dealkylation sites (N-methyl/N-ethyl adjacent to an activating group) is 1. The van der Waals surface area contributed by atoms with Gasteiger partial charge in [-0.05, 0) is 31.4 Å². The molecule has 6 nitrogen and oxygen atoms in total. The van der Waals surface area contributed by atoms with Crippen molar-refractivity contribution < 1.29 is 23.8 Å². The Labute approximate surface area is 436 Å². The fraction of sp³-hybridized carbons (Fsp3) is 0.875. The number of carbonyl (C=O) groups excluding carboxylic acids is 2. The molecule has 0 N–H and O–H groups in total. The van der Waals surface area contributed by atoms with E-state index in [1.807, 2.05) is 12.1 Å². The summed E-state index contributed by atoms with van der Waals surface area (Å²) >= 11 is 0. The molecule has 70 heavy (non-hydrogen) atoms. The van der Waals surface area contributed by atoms with Gasteiger partial charge in [0.2, 0.25) is 5.75 Å². The predicted octanol–water partition coefficient (Wildman–Crippen LogP) is 20.9. The zero-order valence-corrected chi connectivity index (χ0v) is 47.5. The van der Waals surface area contributed by atoms with E-state index >= 15 is 0 Å². The Hall–Kier alpha value is -2.24. The zero-order chi connectivity index (χ0) is 50.5. The second-order valence-electron chi connectivity index (χ2n) is 21.6. The van der Waals surface area contributed by atoms with E-state index < -0.39 is 0 Å². The topological polar surface area (TPSA) is 65.1 Å². The molecule has 6 heteroatoms. The zero-order valence-electron chi connectivity index (χ0n) is 47.5. The molecule has 0 atom stereocenters. The number of carbonyl (C=O) groups is 2. The lowest BCUT2D eigenvalue weighted by molar-refractivity contribution is -0.108. The normalized spacial score (nSPS) is 11.4. The van der Waals surface area contributed by atoms with E-state index in [4.69, 9.17) is 14.2 Å². The molecular weight excluding hydrogens is 863 g/mol. The van der Waals surface area contributed by atoms with E-state index in [0.717, 1.165) is 44.8 Å². The third-order valence-electron chi connectivity index (χ3n) is 14.7. The van der Waals surface area contributed by atoms with E-state index in [1.54, 1.807) is 7.05 Å². The molecule has 0 saturated carbocycles. The maximum absolute atomic E-state index is 13.6. The van der Waals surface area contributed by atoms with Crippen LogP contribution in [0.5, 0.6) is 17.2 Å². The molecule has 410 valence electrons. The van der Waals surface area contributed by atoms with Crippen molar-refractivity contribution in [3.05, 3.63) is 17.7 Å². The van der Waals surface area contributed by atoms with Crippen LogP contribution in [0.3, 0.4) is 0 Å². The second-order valence-corrected chi connectivity index (χ2v) is 21.6. The summed E-state index contributed by atoms with van der Waals surface area (Å²) in [6.07, 6.45) is 64.8. The quantitative estimate of drug-likeness (QED) is 0.0481. The van der Waals surface area contributed by atoms with Gasteiger partial charge in [-0.15, -0.1) is 0 Å². The number of rotatable bonds is 57. The summed E-state index contributed by atoms with van der Waals surface area (Å²) in [6, 6.07) is 3.64. The molecule has 0 saturated heterocycles. The predicted molar refractivity (Wildman–Crippen MR) is 305 cm³/mol. The van der Waals surface area contributed by atoms with E-state index in [1.165, 1.54) is 275 Å². The van der Waals surface area contributed by atoms with Crippen LogP contribution < -0.4 is 14.2 Å². The number of aldehydes is 1. The summed E-state index contributed by atoms with van der Waals surface area (Å²) in [5.74, 6) is 1.59. The fourth-order valence-corrected chi connectivity index (χ4v) is 9.96. The molecule has 0 aliphatic rings. The van der Waals surface area contributed by atoms with Crippen molar-refractivity contribution in [2.75, 3.05) is 33.4 Å². The van der Waals surface area contributed by atoms with Crippen LogP contribution >= 0.6 is 0 Å². The standard InChI is InChI=1S/C64H119NO5/c1-5-8-11-14-17-20-23-26-29-32-35-38-41-44-47-50-55-68-61-58-60(64(67)65(4)53-54-66)59-62(69-56-51-48-45-42-39-36-33-30-27-24-21-18-15-12-9-6-2)63(61)70-57-52-49-46-43-40-37-34-31-28-25-22-19-16-13-10-7-3/h54,58-59H,5-53,55-57H2,1-4H3. The van der Waals surface area contributed by atoms with Crippen LogP contribution in [0.1, 0.15) is 339 Å². The molecule has 0 aromatic heterocycles. The smallest absolute Gasteiger partial charge is 0.254 e. The van der Waals surface area contributed by atoms with Gasteiger partial charge >= 0.3 is 0 Å². The summed E-state index contributed by atoms with van der Waals surface area (Å²) in [5, 5.41) is 0. The Balaban J connectivity index is 2.65. The Bertz CT molecular complexity index is 1190. The Kier molecular flexibility index (Phi) is 49.9. The first-order valence-electron chi connectivity index (χ1n) is 31.3. The van der Waals surface area contributed by atoms with Crippen LogP contribution in [-0.4, -0.2) is 50.5 Å². The van der Waals surface area contributed by atoms with Crippen molar-refractivity contribution in [1.82, 2.24) is 4.90 Å². The van der Waals surface area contributed by atoms with Gasteiger partial charge in [0.1, 0.15) is 6.29 Å². The lowest BCUT2D eigenvalue weighted by Crippen LogP contribution is -2.28. The molecule has 0 unspecified atom stereocenters. The van der Waals surface area contributed by atoms with Crippen molar-refractivity contribution in [2.45, 2.75) is 329 Å². The second kappa shape index (κ2) is 53.1. The lowest BCUT2D eigenvalue weighted by atomic mass is 10.0. The van der Waals surface area contributed by atoms with Crippen molar-refractivity contribution in [2.24, 2.45) is 0 Å². The van der Waals surface area contributed by atoms with Gasteiger partial charge in [-0.3, -0.25) is 4.79 Å². The number of amides is 1. The first-order valence-corrected chi connectivity index (χ1v) is 31.3. The number of hydrogen-bond donors (Lipinski definition) is 0.